The Hall–Kier alpha value is -1.64. The summed E-state index contributed by atoms with van der Waals surface area (Å²) >= 11 is 0. The van der Waals surface area contributed by atoms with Crippen molar-refractivity contribution in [3.8, 4) is 0 Å². The minimum Gasteiger partial charge on any atom is -0.328 e. The van der Waals surface area contributed by atoms with E-state index in [0.29, 0.717) is 12.1 Å². The summed E-state index contributed by atoms with van der Waals surface area (Å²) < 4.78 is 0. The molecule has 3 rings (SSSR count). The van der Waals surface area contributed by atoms with Crippen LogP contribution in [0.4, 0.5) is 0 Å². The number of aryl methyl sites for hydroxylation is 1. The lowest BCUT2D eigenvalue weighted by Crippen LogP contribution is -2.42. The molecule has 1 heterocycles. The molecule has 1 atom stereocenters. The van der Waals surface area contributed by atoms with Crippen LogP contribution in [0.5, 0.6) is 0 Å². The minimum absolute atomic E-state index is 0.347. The van der Waals surface area contributed by atoms with Gasteiger partial charge >= 0.3 is 0 Å². The van der Waals surface area contributed by atoms with Crippen molar-refractivity contribution >= 4 is 0 Å². The first-order chi connectivity index (χ1) is 10.3. The monoisotopic (exact) mass is 280 g/mol. The van der Waals surface area contributed by atoms with Gasteiger partial charge in [0, 0.05) is 19.1 Å². The number of piperidine rings is 1. The average molecular weight is 280 g/mol. The molecule has 0 amide bonds. The van der Waals surface area contributed by atoms with Gasteiger partial charge < -0.3 is 5.73 Å². The van der Waals surface area contributed by atoms with E-state index >= 15 is 0 Å². The van der Waals surface area contributed by atoms with Crippen molar-refractivity contribution in [2.45, 2.75) is 31.8 Å². The fraction of sp³-hybridized carbons (Fsp3) is 0.368. The SMILES string of the molecule is Cc1ccccc1C(c1ccccc1)N1CCC(N)CC1. The molecule has 2 aromatic rings. The number of hydrogen-bond donors (Lipinski definition) is 1. The Labute approximate surface area is 127 Å². The molecule has 1 aliphatic heterocycles. The van der Waals surface area contributed by atoms with Gasteiger partial charge in [0.25, 0.3) is 0 Å². The van der Waals surface area contributed by atoms with Crippen LogP contribution in [0.2, 0.25) is 0 Å². The van der Waals surface area contributed by atoms with Crippen molar-refractivity contribution in [2.75, 3.05) is 13.1 Å². The summed E-state index contributed by atoms with van der Waals surface area (Å²) in [5.74, 6) is 0. The normalized spacial score (nSPS) is 18.6. The predicted octanol–water partition coefficient (Wildman–Crippen LogP) is 3.51. The Morgan fingerprint density at radius 3 is 2.24 bits per heavy atom. The molecule has 0 radical (unpaired) electrons. The number of nitrogens with zero attached hydrogens (tertiary/aromatic N) is 1. The van der Waals surface area contributed by atoms with E-state index in [2.05, 4.69) is 66.4 Å². The molecule has 0 aromatic heterocycles. The number of nitrogens with two attached hydrogens (primary N) is 1. The van der Waals surface area contributed by atoms with Crippen LogP contribution in [0.1, 0.15) is 35.6 Å². The second-order valence-electron chi connectivity index (χ2n) is 6.04. The third kappa shape index (κ3) is 3.17. The zero-order chi connectivity index (χ0) is 14.7. The predicted molar refractivity (Wildman–Crippen MR) is 88.2 cm³/mol. The van der Waals surface area contributed by atoms with Gasteiger partial charge in [-0.1, -0.05) is 54.6 Å². The van der Waals surface area contributed by atoms with E-state index < -0.39 is 0 Å². The molecular formula is C19H24N2. The van der Waals surface area contributed by atoms with Crippen LogP contribution >= 0.6 is 0 Å². The van der Waals surface area contributed by atoms with Crippen molar-refractivity contribution in [1.29, 1.82) is 0 Å². The molecule has 0 saturated carbocycles. The second kappa shape index (κ2) is 6.42. The zero-order valence-corrected chi connectivity index (χ0v) is 12.7. The molecule has 110 valence electrons. The van der Waals surface area contributed by atoms with Crippen LogP contribution in [-0.2, 0) is 0 Å². The molecule has 1 fully saturated rings. The molecule has 1 aliphatic rings. The van der Waals surface area contributed by atoms with Gasteiger partial charge in [-0.25, -0.2) is 0 Å². The smallest absolute Gasteiger partial charge is 0.0604 e. The summed E-state index contributed by atoms with van der Waals surface area (Å²) in [5.41, 5.74) is 10.2. The number of benzene rings is 2. The highest BCUT2D eigenvalue weighted by molar-refractivity contribution is 5.37. The molecule has 0 bridgehead atoms. The summed E-state index contributed by atoms with van der Waals surface area (Å²) in [6.45, 7) is 4.37. The van der Waals surface area contributed by atoms with Crippen LogP contribution in [0.3, 0.4) is 0 Å². The Balaban J connectivity index is 1.98. The third-order valence-corrected chi connectivity index (χ3v) is 4.54. The Morgan fingerprint density at radius 1 is 0.952 bits per heavy atom. The Kier molecular flexibility index (Phi) is 4.37. The van der Waals surface area contributed by atoms with Crippen LogP contribution < -0.4 is 5.73 Å². The van der Waals surface area contributed by atoms with E-state index in [-0.39, 0.29) is 0 Å². The molecule has 2 heteroatoms. The molecule has 1 saturated heterocycles. The fourth-order valence-corrected chi connectivity index (χ4v) is 3.29. The number of rotatable bonds is 3. The van der Waals surface area contributed by atoms with E-state index in [1.54, 1.807) is 0 Å². The first-order valence-corrected chi connectivity index (χ1v) is 7.86. The lowest BCUT2D eigenvalue weighted by molar-refractivity contribution is 0.174. The number of hydrogen-bond acceptors (Lipinski definition) is 2. The van der Waals surface area contributed by atoms with E-state index in [1.807, 2.05) is 0 Å². The van der Waals surface area contributed by atoms with E-state index in [1.165, 1.54) is 16.7 Å². The maximum absolute atomic E-state index is 6.08. The van der Waals surface area contributed by atoms with Crippen molar-refractivity contribution in [2.24, 2.45) is 5.73 Å². The van der Waals surface area contributed by atoms with Gasteiger partial charge in [0.2, 0.25) is 0 Å². The van der Waals surface area contributed by atoms with Gasteiger partial charge in [-0.3, -0.25) is 4.90 Å². The maximum Gasteiger partial charge on any atom is 0.0604 e. The van der Waals surface area contributed by atoms with Gasteiger partial charge in [-0.2, -0.15) is 0 Å². The molecule has 0 spiro atoms. The summed E-state index contributed by atoms with van der Waals surface area (Å²) in [6.07, 6.45) is 2.18. The molecular weight excluding hydrogens is 256 g/mol. The molecule has 2 nitrogen and oxygen atoms in total. The van der Waals surface area contributed by atoms with Gasteiger partial charge in [-0.05, 0) is 36.5 Å². The Morgan fingerprint density at radius 2 is 1.57 bits per heavy atom. The first-order valence-electron chi connectivity index (χ1n) is 7.86. The lowest BCUT2D eigenvalue weighted by Gasteiger charge is -2.37. The van der Waals surface area contributed by atoms with Gasteiger partial charge in [0.15, 0.2) is 0 Å². The van der Waals surface area contributed by atoms with Crippen molar-refractivity contribution in [3.05, 3.63) is 71.3 Å². The van der Waals surface area contributed by atoms with E-state index in [0.717, 1.165) is 25.9 Å². The highest BCUT2D eigenvalue weighted by Crippen LogP contribution is 2.32. The van der Waals surface area contributed by atoms with Crippen molar-refractivity contribution in [1.82, 2.24) is 4.90 Å². The van der Waals surface area contributed by atoms with Crippen LogP contribution in [-0.4, -0.2) is 24.0 Å². The van der Waals surface area contributed by atoms with Crippen molar-refractivity contribution < 1.29 is 0 Å². The highest BCUT2D eigenvalue weighted by Gasteiger charge is 2.26. The van der Waals surface area contributed by atoms with Gasteiger partial charge in [-0.15, -0.1) is 0 Å². The quantitative estimate of drug-likeness (QED) is 0.932. The maximum atomic E-state index is 6.08. The summed E-state index contributed by atoms with van der Waals surface area (Å²) in [6, 6.07) is 20.3. The Bertz CT molecular complexity index is 571. The average Bonchev–Trinajstić information content (AvgIpc) is 2.52. The summed E-state index contributed by atoms with van der Waals surface area (Å²) in [5, 5.41) is 0. The first kappa shape index (κ1) is 14.3. The highest BCUT2D eigenvalue weighted by atomic mass is 15.2. The second-order valence-corrected chi connectivity index (χ2v) is 6.04. The van der Waals surface area contributed by atoms with E-state index in [4.69, 9.17) is 5.73 Å². The van der Waals surface area contributed by atoms with Gasteiger partial charge in [0.1, 0.15) is 0 Å². The standard InChI is InChI=1S/C19H24N2/c1-15-7-5-6-10-18(15)19(16-8-3-2-4-9-16)21-13-11-17(20)12-14-21/h2-10,17,19H,11-14,20H2,1H3. The van der Waals surface area contributed by atoms with Crippen LogP contribution in [0.25, 0.3) is 0 Å². The fourth-order valence-electron chi connectivity index (χ4n) is 3.29. The lowest BCUT2D eigenvalue weighted by atomic mass is 9.91. The minimum atomic E-state index is 0.347. The molecule has 2 aromatic carbocycles. The molecule has 0 aliphatic carbocycles. The molecule has 1 unspecified atom stereocenters. The van der Waals surface area contributed by atoms with Crippen LogP contribution in [0.15, 0.2) is 54.6 Å². The third-order valence-electron chi connectivity index (χ3n) is 4.54. The largest absolute Gasteiger partial charge is 0.328 e. The summed E-state index contributed by atoms with van der Waals surface area (Å²) in [4.78, 5) is 2.58. The molecule has 21 heavy (non-hydrogen) atoms. The van der Waals surface area contributed by atoms with Crippen molar-refractivity contribution in [3.63, 3.8) is 0 Å². The topological polar surface area (TPSA) is 29.3 Å². The number of likely N-dealkylation sites (tertiary alicyclic amines) is 1. The zero-order valence-electron chi connectivity index (χ0n) is 12.7. The van der Waals surface area contributed by atoms with Crippen LogP contribution in [0, 0.1) is 6.92 Å². The van der Waals surface area contributed by atoms with E-state index in [9.17, 15) is 0 Å². The molecule has 2 N–H and O–H groups in total. The van der Waals surface area contributed by atoms with Gasteiger partial charge in [0.05, 0.1) is 6.04 Å². The summed E-state index contributed by atoms with van der Waals surface area (Å²) in [7, 11) is 0.